The van der Waals surface area contributed by atoms with Crippen LogP contribution >= 0.6 is 11.6 Å². The molecule has 0 N–H and O–H groups in total. The van der Waals surface area contributed by atoms with Crippen molar-refractivity contribution in [3.05, 3.63) is 64.2 Å². The SMILES string of the molecule is CN(Cc1cccc(C#N)c1)c1ccc(Cl)cc1C#N. The van der Waals surface area contributed by atoms with Crippen LogP contribution in [0.15, 0.2) is 42.5 Å². The summed E-state index contributed by atoms with van der Waals surface area (Å²) in [6.07, 6.45) is 0. The van der Waals surface area contributed by atoms with Crippen LogP contribution in [0.1, 0.15) is 16.7 Å². The fourth-order valence-electron chi connectivity index (χ4n) is 2.03. The summed E-state index contributed by atoms with van der Waals surface area (Å²) in [5, 5.41) is 18.6. The first-order chi connectivity index (χ1) is 9.63. The van der Waals surface area contributed by atoms with Gasteiger partial charge in [0.2, 0.25) is 0 Å². The number of anilines is 1. The Morgan fingerprint density at radius 3 is 2.60 bits per heavy atom. The minimum absolute atomic E-state index is 0.538. The number of nitrogens with zero attached hydrogens (tertiary/aromatic N) is 3. The van der Waals surface area contributed by atoms with E-state index >= 15 is 0 Å². The van der Waals surface area contributed by atoms with Crippen molar-refractivity contribution in [2.24, 2.45) is 0 Å². The Labute approximate surface area is 123 Å². The van der Waals surface area contributed by atoms with Crippen molar-refractivity contribution in [1.29, 1.82) is 10.5 Å². The molecule has 4 heteroatoms. The van der Waals surface area contributed by atoms with E-state index in [1.54, 1.807) is 18.2 Å². The van der Waals surface area contributed by atoms with Gasteiger partial charge in [0, 0.05) is 18.6 Å². The van der Waals surface area contributed by atoms with Crippen LogP contribution in [-0.4, -0.2) is 7.05 Å². The Bertz CT molecular complexity index is 710. The highest BCUT2D eigenvalue weighted by molar-refractivity contribution is 6.30. The first-order valence-electron chi connectivity index (χ1n) is 6.04. The fraction of sp³-hybridized carbons (Fsp3) is 0.125. The first-order valence-corrected chi connectivity index (χ1v) is 6.41. The molecule has 0 atom stereocenters. The van der Waals surface area contributed by atoms with E-state index < -0.39 is 0 Å². The Kier molecular flexibility index (Phi) is 4.25. The lowest BCUT2D eigenvalue weighted by Gasteiger charge is -2.20. The zero-order valence-corrected chi connectivity index (χ0v) is 11.7. The van der Waals surface area contributed by atoms with Crippen LogP contribution in [0, 0.1) is 22.7 Å². The molecule has 0 bridgehead atoms. The predicted octanol–water partition coefficient (Wildman–Crippen LogP) is 3.72. The van der Waals surface area contributed by atoms with Crippen molar-refractivity contribution in [1.82, 2.24) is 0 Å². The van der Waals surface area contributed by atoms with Gasteiger partial charge in [-0.05, 0) is 35.9 Å². The van der Waals surface area contributed by atoms with E-state index in [4.69, 9.17) is 22.1 Å². The predicted molar refractivity (Wildman–Crippen MR) is 79.4 cm³/mol. The van der Waals surface area contributed by atoms with Gasteiger partial charge < -0.3 is 4.90 Å². The zero-order chi connectivity index (χ0) is 14.5. The standard InChI is InChI=1S/C16H12ClN3/c1-20(11-13-4-2-3-12(7-13)9-18)16-6-5-15(17)8-14(16)10-19/h2-8H,11H2,1H3. The van der Waals surface area contributed by atoms with Crippen LogP contribution in [0.25, 0.3) is 0 Å². The van der Waals surface area contributed by atoms with Crippen molar-refractivity contribution >= 4 is 17.3 Å². The summed E-state index contributed by atoms with van der Waals surface area (Å²) in [7, 11) is 1.91. The van der Waals surface area contributed by atoms with Crippen LogP contribution in [0.3, 0.4) is 0 Å². The minimum Gasteiger partial charge on any atom is -0.369 e. The van der Waals surface area contributed by atoms with Gasteiger partial charge in [0.25, 0.3) is 0 Å². The number of rotatable bonds is 3. The quantitative estimate of drug-likeness (QED) is 0.861. The number of hydrogen-bond acceptors (Lipinski definition) is 3. The molecule has 2 aromatic carbocycles. The highest BCUT2D eigenvalue weighted by atomic mass is 35.5. The van der Waals surface area contributed by atoms with Gasteiger partial charge >= 0.3 is 0 Å². The normalized spacial score (nSPS) is 9.60. The van der Waals surface area contributed by atoms with Crippen LogP contribution < -0.4 is 4.90 Å². The summed E-state index contributed by atoms with van der Waals surface area (Å²) in [6.45, 7) is 0.617. The summed E-state index contributed by atoms with van der Waals surface area (Å²) in [5.41, 5.74) is 3.01. The third-order valence-corrected chi connectivity index (χ3v) is 3.20. The molecule has 98 valence electrons. The molecule has 0 aliphatic rings. The van der Waals surface area contributed by atoms with Gasteiger partial charge in [-0.25, -0.2) is 0 Å². The zero-order valence-electron chi connectivity index (χ0n) is 11.0. The van der Waals surface area contributed by atoms with Crippen molar-refractivity contribution in [3.63, 3.8) is 0 Å². The minimum atomic E-state index is 0.538. The largest absolute Gasteiger partial charge is 0.369 e. The van der Waals surface area contributed by atoms with Crippen LogP contribution in [-0.2, 0) is 6.54 Å². The molecule has 2 rings (SSSR count). The maximum Gasteiger partial charge on any atom is 0.101 e. The van der Waals surface area contributed by atoms with E-state index in [-0.39, 0.29) is 0 Å². The summed E-state index contributed by atoms with van der Waals surface area (Å²) in [5.74, 6) is 0. The van der Waals surface area contributed by atoms with Crippen molar-refractivity contribution < 1.29 is 0 Å². The Hall–Kier alpha value is -2.49. The van der Waals surface area contributed by atoms with Gasteiger partial charge in [-0.2, -0.15) is 10.5 Å². The van der Waals surface area contributed by atoms with Crippen molar-refractivity contribution in [3.8, 4) is 12.1 Å². The molecule has 0 aliphatic carbocycles. The number of hydrogen-bond donors (Lipinski definition) is 0. The van der Waals surface area contributed by atoms with E-state index in [9.17, 15) is 0 Å². The van der Waals surface area contributed by atoms with E-state index in [1.165, 1.54) is 0 Å². The molecule has 0 fully saturated rings. The topological polar surface area (TPSA) is 50.8 Å². The Morgan fingerprint density at radius 1 is 1.10 bits per heavy atom. The molecule has 3 nitrogen and oxygen atoms in total. The maximum atomic E-state index is 9.16. The van der Waals surface area contributed by atoms with Gasteiger partial charge in [0.1, 0.15) is 6.07 Å². The molecule has 0 aromatic heterocycles. The molecule has 0 aliphatic heterocycles. The first kappa shape index (κ1) is 13.9. The lowest BCUT2D eigenvalue weighted by Crippen LogP contribution is -2.17. The molecule has 0 heterocycles. The van der Waals surface area contributed by atoms with Crippen molar-refractivity contribution in [2.75, 3.05) is 11.9 Å². The van der Waals surface area contributed by atoms with Crippen LogP contribution in [0.4, 0.5) is 5.69 Å². The average molecular weight is 282 g/mol. The monoisotopic (exact) mass is 281 g/mol. The van der Waals surface area contributed by atoms with E-state index in [0.29, 0.717) is 22.7 Å². The molecule has 0 saturated carbocycles. The molecule has 0 amide bonds. The molecule has 0 saturated heterocycles. The van der Waals surface area contributed by atoms with Gasteiger partial charge in [0.05, 0.1) is 22.9 Å². The second-order valence-electron chi connectivity index (χ2n) is 4.44. The lowest BCUT2D eigenvalue weighted by molar-refractivity contribution is 0.920. The molecule has 0 spiro atoms. The summed E-state index contributed by atoms with van der Waals surface area (Å²) >= 11 is 5.89. The third-order valence-electron chi connectivity index (χ3n) is 2.97. The van der Waals surface area contributed by atoms with Gasteiger partial charge in [0.15, 0.2) is 0 Å². The van der Waals surface area contributed by atoms with Crippen molar-refractivity contribution in [2.45, 2.75) is 6.54 Å². The highest BCUT2D eigenvalue weighted by Crippen LogP contribution is 2.24. The smallest absolute Gasteiger partial charge is 0.101 e. The lowest BCUT2D eigenvalue weighted by atomic mass is 10.1. The van der Waals surface area contributed by atoms with Gasteiger partial charge in [-0.15, -0.1) is 0 Å². The van der Waals surface area contributed by atoms with Gasteiger partial charge in [-0.1, -0.05) is 23.7 Å². The van der Waals surface area contributed by atoms with Crippen LogP contribution in [0.2, 0.25) is 5.02 Å². The summed E-state index contributed by atoms with van der Waals surface area (Å²) in [6, 6.07) is 16.9. The van der Waals surface area contributed by atoms with E-state index in [0.717, 1.165) is 11.3 Å². The second-order valence-corrected chi connectivity index (χ2v) is 4.88. The molecular formula is C16H12ClN3. The molecule has 0 unspecified atom stereocenters. The highest BCUT2D eigenvalue weighted by Gasteiger charge is 2.09. The van der Waals surface area contributed by atoms with E-state index in [2.05, 4.69) is 12.1 Å². The number of halogens is 1. The second kappa shape index (κ2) is 6.10. The number of nitriles is 2. The molecule has 0 radical (unpaired) electrons. The number of benzene rings is 2. The molecule has 2 aromatic rings. The molecular weight excluding hydrogens is 270 g/mol. The maximum absolute atomic E-state index is 9.16. The average Bonchev–Trinajstić information content (AvgIpc) is 2.47. The van der Waals surface area contributed by atoms with Crippen LogP contribution in [0.5, 0.6) is 0 Å². The third kappa shape index (κ3) is 3.09. The fourth-order valence-corrected chi connectivity index (χ4v) is 2.20. The summed E-state index contributed by atoms with van der Waals surface area (Å²) in [4.78, 5) is 1.96. The summed E-state index contributed by atoms with van der Waals surface area (Å²) < 4.78 is 0. The Balaban J connectivity index is 2.26. The van der Waals surface area contributed by atoms with E-state index in [1.807, 2.05) is 36.2 Å². The molecule has 20 heavy (non-hydrogen) atoms. The van der Waals surface area contributed by atoms with Gasteiger partial charge in [-0.3, -0.25) is 0 Å². The Morgan fingerprint density at radius 2 is 1.90 bits per heavy atom.